The standard InChI is InChI=1S/C22H32N4O2/c1-16-7-9-25(10-8-16)20-6-5-18(23-21(27)17-3-4-17)15-19(20)22(28)26-13-11-24(2)12-14-26/h5-6,15-17H,3-4,7-14H2,1-2H3,(H,23,27). The molecule has 28 heavy (non-hydrogen) atoms. The number of hydrogen-bond donors (Lipinski definition) is 1. The number of piperidine rings is 1. The number of hydrogen-bond acceptors (Lipinski definition) is 4. The monoisotopic (exact) mass is 384 g/mol. The van der Waals surface area contributed by atoms with E-state index < -0.39 is 0 Å². The van der Waals surface area contributed by atoms with E-state index in [1.807, 2.05) is 23.1 Å². The second-order valence-electron chi connectivity index (χ2n) is 8.76. The molecule has 0 bridgehead atoms. The van der Waals surface area contributed by atoms with Crippen LogP contribution in [-0.2, 0) is 4.79 Å². The van der Waals surface area contributed by atoms with Crippen molar-refractivity contribution >= 4 is 23.2 Å². The van der Waals surface area contributed by atoms with Gasteiger partial charge in [0.05, 0.1) is 5.56 Å². The average molecular weight is 385 g/mol. The molecular weight excluding hydrogens is 352 g/mol. The SMILES string of the molecule is CC1CCN(c2ccc(NC(=O)C3CC3)cc2C(=O)N2CCN(C)CC2)CC1. The molecule has 2 heterocycles. The van der Waals surface area contributed by atoms with E-state index in [-0.39, 0.29) is 17.7 Å². The Labute approximate surface area is 167 Å². The van der Waals surface area contributed by atoms with Crippen LogP contribution in [0.4, 0.5) is 11.4 Å². The minimum absolute atomic E-state index is 0.0811. The minimum atomic E-state index is 0.0811. The first-order valence-corrected chi connectivity index (χ1v) is 10.7. The molecule has 1 saturated carbocycles. The predicted octanol–water partition coefficient (Wildman–Crippen LogP) is 2.66. The summed E-state index contributed by atoms with van der Waals surface area (Å²) in [5.41, 5.74) is 2.48. The highest BCUT2D eigenvalue weighted by Gasteiger charge is 2.30. The Kier molecular flexibility index (Phi) is 5.58. The Bertz CT molecular complexity index is 730. The van der Waals surface area contributed by atoms with E-state index in [4.69, 9.17) is 0 Å². The lowest BCUT2D eigenvalue weighted by atomic mass is 9.97. The highest BCUT2D eigenvalue weighted by Crippen LogP contribution is 2.32. The van der Waals surface area contributed by atoms with Gasteiger partial charge in [-0.1, -0.05) is 6.92 Å². The van der Waals surface area contributed by atoms with Crippen LogP contribution in [0.3, 0.4) is 0 Å². The molecule has 6 heteroatoms. The number of benzene rings is 1. The van der Waals surface area contributed by atoms with Gasteiger partial charge in [0.1, 0.15) is 0 Å². The first kappa shape index (κ1) is 19.2. The van der Waals surface area contributed by atoms with Crippen molar-refractivity contribution in [2.24, 2.45) is 11.8 Å². The second-order valence-corrected chi connectivity index (χ2v) is 8.76. The van der Waals surface area contributed by atoms with Gasteiger partial charge in [0, 0.05) is 56.6 Å². The number of carbonyl (C=O) groups is 2. The highest BCUT2D eigenvalue weighted by atomic mass is 16.2. The molecule has 2 aliphatic heterocycles. The van der Waals surface area contributed by atoms with Gasteiger partial charge in [-0.15, -0.1) is 0 Å². The molecule has 1 aromatic rings. The molecule has 152 valence electrons. The molecule has 1 aromatic carbocycles. The van der Waals surface area contributed by atoms with Crippen molar-refractivity contribution in [2.45, 2.75) is 32.6 Å². The summed E-state index contributed by atoms with van der Waals surface area (Å²) in [6, 6.07) is 5.88. The van der Waals surface area contributed by atoms with Crippen LogP contribution in [0.2, 0.25) is 0 Å². The molecule has 0 spiro atoms. The van der Waals surface area contributed by atoms with Crippen molar-refractivity contribution in [2.75, 3.05) is 56.5 Å². The van der Waals surface area contributed by atoms with Gasteiger partial charge in [0.25, 0.3) is 5.91 Å². The maximum atomic E-state index is 13.4. The third kappa shape index (κ3) is 4.32. The summed E-state index contributed by atoms with van der Waals surface area (Å²) in [6.45, 7) is 7.58. The van der Waals surface area contributed by atoms with Crippen LogP contribution in [-0.4, -0.2) is 67.9 Å². The first-order valence-electron chi connectivity index (χ1n) is 10.7. The van der Waals surface area contributed by atoms with Gasteiger partial charge in [0.2, 0.25) is 5.91 Å². The van der Waals surface area contributed by atoms with Crippen LogP contribution < -0.4 is 10.2 Å². The molecule has 1 N–H and O–H groups in total. The molecule has 0 aromatic heterocycles. The van der Waals surface area contributed by atoms with Gasteiger partial charge >= 0.3 is 0 Å². The summed E-state index contributed by atoms with van der Waals surface area (Å²) in [7, 11) is 2.09. The van der Waals surface area contributed by atoms with Crippen molar-refractivity contribution in [1.29, 1.82) is 0 Å². The van der Waals surface area contributed by atoms with E-state index in [0.717, 1.165) is 87.8 Å². The van der Waals surface area contributed by atoms with Gasteiger partial charge in [-0.2, -0.15) is 0 Å². The summed E-state index contributed by atoms with van der Waals surface area (Å²) in [4.78, 5) is 32.1. The second kappa shape index (κ2) is 8.11. The Hall–Kier alpha value is -2.08. The molecule has 0 radical (unpaired) electrons. The number of amides is 2. The highest BCUT2D eigenvalue weighted by molar-refractivity contribution is 6.02. The zero-order chi connectivity index (χ0) is 19.7. The van der Waals surface area contributed by atoms with Gasteiger partial charge in [-0.25, -0.2) is 0 Å². The Morgan fingerprint density at radius 1 is 0.964 bits per heavy atom. The van der Waals surface area contributed by atoms with E-state index in [0.29, 0.717) is 0 Å². The quantitative estimate of drug-likeness (QED) is 0.867. The lowest BCUT2D eigenvalue weighted by molar-refractivity contribution is -0.117. The van der Waals surface area contributed by atoms with E-state index in [1.165, 1.54) is 0 Å². The molecule has 6 nitrogen and oxygen atoms in total. The van der Waals surface area contributed by atoms with E-state index in [2.05, 4.69) is 29.1 Å². The molecule has 3 aliphatic rings. The van der Waals surface area contributed by atoms with Crippen molar-refractivity contribution in [3.63, 3.8) is 0 Å². The van der Waals surface area contributed by atoms with Crippen LogP contribution in [0.15, 0.2) is 18.2 Å². The van der Waals surface area contributed by atoms with Crippen LogP contribution >= 0.6 is 0 Å². The molecule has 0 unspecified atom stereocenters. The molecular formula is C22H32N4O2. The van der Waals surface area contributed by atoms with Crippen LogP contribution in [0, 0.1) is 11.8 Å². The van der Waals surface area contributed by atoms with Gasteiger partial charge in [-0.05, 0) is 56.8 Å². The van der Waals surface area contributed by atoms with Crippen LogP contribution in [0.1, 0.15) is 43.0 Å². The maximum absolute atomic E-state index is 13.4. The first-order chi connectivity index (χ1) is 13.5. The van der Waals surface area contributed by atoms with Crippen LogP contribution in [0.25, 0.3) is 0 Å². The van der Waals surface area contributed by atoms with Crippen LogP contribution in [0.5, 0.6) is 0 Å². The zero-order valence-corrected chi connectivity index (χ0v) is 17.1. The number of carbonyl (C=O) groups excluding carboxylic acids is 2. The number of piperazine rings is 1. The molecule has 4 rings (SSSR count). The third-order valence-corrected chi connectivity index (χ3v) is 6.36. The lowest BCUT2D eigenvalue weighted by Crippen LogP contribution is -2.47. The van der Waals surface area contributed by atoms with E-state index in [1.54, 1.807) is 0 Å². The largest absolute Gasteiger partial charge is 0.371 e. The number of nitrogens with one attached hydrogen (secondary N) is 1. The Morgan fingerprint density at radius 2 is 1.64 bits per heavy atom. The van der Waals surface area contributed by atoms with Crippen molar-refractivity contribution in [1.82, 2.24) is 9.80 Å². The molecule has 3 fully saturated rings. The normalized spacial score (nSPS) is 21.6. The fraction of sp³-hybridized carbons (Fsp3) is 0.636. The Morgan fingerprint density at radius 3 is 2.29 bits per heavy atom. The average Bonchev–Trinajstić information content (AvgIpc) is 3.54. The van der Waals surface area contributed by atoms with Gasteiger partial charge < -0.3 is 20.0 Å². The molecule has 2 saturated heterocycles. The van der Waals surface area contributed by atoms with E-state index >= 15 is 0 Å². The van der Waals surface area contributed by atoms with Gasteiger partial charge in [0.15, 0.2) is 0 Å². The zero-order valence-electron chi connectivity index (χ0n) is 17.1. The van der Waals surface area contributed by atoms with Gasteiger partial charge in [-0.3, -0.25) is 9.59 Å². The smallest absolute Gasteiger partial charge is 0.256 e. The summed E-state index contributed by atoms with van der Waals surface area (Å²) >= 11 is 0. The maximum Gasteiger partial charge on any atom is 0.256 e. The number of nitrogens with zero attached hydrogens (tertiary/aromatic N) is 3. The van der Waals surface area contributed by atoms with Crippen molar-refractivity contribution in [3.8, 4) is 0 Å². The lowest BCUT2D eigenvalue weighted by Gasteiger charge is -2.36. The minimum Gasteiger partial charge on any atom is -0.371 e. The topological polar surface area (TPSA) is 55.9 Å². The number of rotatable bonds is 4. The molecule has 0 atom stereocenters. The summed E-state index contributed by atoms with van der Waals surface area (Å²) in [6.07, 6.45) is 4.26. The number of anilines is 2. The summed E-state index contributed by atoms with van der Waals surface area (Å²) in [5, 5.41) is 3.01. The van der Waals surface area contributed by atoms with Crippen molar-refractivity contribution < 1.29 is 9.59 Å². The Balaban J connectivity index is 1.58. The third-order valence-electron chi connectivity index (χ3n) is 6.36. The summed E-state index contributed by atoms with van der Waals surface area (Å²) < 4.78 is 0. The van der Waals surface area contributed by atoms with Crippen molar-refractivity contribution in [3.05, 3.63) is 23.8 Å². The molecule has 1 aliphatic carbocycles. The van der Waals surface area contributed by atoms with E-state index in [9.17, 15) is 9.59 Å². The fourth-order valence-electron chi connectivity index (χ4n) is 4.08. The predicted molar refractivity (Wildman–Crippen MR) is 112 cm³/mol. The fourth-order valence-corrected chi connectivity index (χ4v) is 4.08. The summed E-state index contributed by atoms with van der Waals surface area (Å²) in [5.74, 6) is 1.06. The number of likely N-dealkylation sites (N-methyl/N-ethyl adjacent to an activating group) is 1. The molecule has 2 amide bonds.